The first kappa shape index (κ1) is 21.1. The molecule has 0 saturated heterocycles. The normalized spacial score (nSPS) is 9.25. The first-order valence-electron chi connectivity index (χ1n) is 7.02. The van der Waals surface area contributed by atoms with E-state index in [9.17, 15) is 19.2 Å². The van der Waals surface area contributed by atoms with Crippen LogP contribution in [0.25, 0.3) is 0 Å². The zero-order chi connectivity index (χ0) is 18.5. The van der Waals surface area contributed by atoms with Gasteiger partial charge in [0.25, 0.3) is 0 Å². The van der Waals surface area contributed by atoms with Crippen molar-refractivity contribution in [1.29, 1.82) is 0 Å². The minimum Gasteiger partial charge on any atom is -0.478 e. The second-order valence-electron chi connectivity index (χ2n) is 4.55. The number of methoxy groups -OCH3 is 2. The number of carboxylic acids is 2. The summed E-state index contributed by atoms with van der Waals surface area (Å²) in [4.78, 5) is 41.8. The lowest BCUT2D eigenvalue weighted by molar-refractivity contribution is -0.142. The predicted octanol–water partition coefficient (Wildman–Crippen LogP) is 1.98. The summed E-state index contributed by atoms with van der Waals surface area (Å²) < 4.78 is 8.86. The molecular weight excluding hydrogens is 320 g/mol. The Hall–Kier alpha value is -2.90. The Morgan fingerprint density at radius 3 is 1.25 bits per heavy atom. The van der Waals surface area contributed by atoms with Gasteiger partial charge in [0.1, 0.15) is 0 Å². The van der Waals surface area contributed by atoms with Crippen molar-refractivity contribution >= 4 is 23.9 Å². The highest BCUT2D eigenvalue weighted by Crippen LogP contribution is 2.04. The number of unbranched alkanes of at least 4 members (excludes halogenated alkanes) is 1. The number of hydrogen-bond donors (Lipinski definition) is 2. The second-order valence-corrected chi connectivity index (χ2v) is 4.55. The van der Waals surface area contributed by atoms with Crippen molar-refractivity contribution < 1.29 is 38.9 Å². The third-order valence-electron chi connectivity index (χ3n) is 2.85. The van der Waals surface area contributed by atoms with Crippen LogP contribution in [0, 0.1) is 0 Å². The lowest BCUT2D eigenvalue weighted by atomic mass is 10.1. The number of carbonyl (C=O) groups excluding carboxylic acids is 2. The Balaban J connectivity index is 0.000000441. The molecule has 0 aliphatic carbocycles. The van der Waals surface area contributed by atoms with E-state index in [0.29, 0.717) is 25.7 Å². The molecule has 1 rings (SSSR count). The molecule has 0 heterocycles. The first-order valence-corrected chi connectivity index (χ1v) is 7.02. The molecule has 8 heteroatoms. The van der Waals surface area contributed by atoms with Crippen LogP contribution in [-0.2, 0) is 19.1 Å². The lowest BCUT2D eigenvalue weighted by Gasteiger charge is -1.98. The summed E-state index contributed by atoms with van der Waals surface area (Å²) in [6.45, 7) is 0. The third-order valence-corrected chi connectivity index (χ3v) is 2.85. The van der Waals surface area contributed by atoms with E-state index < -0.39 is 11.9 Å². The van der Waals surface area contributed by atoms with Gasteiger partial charge in [0, 0.05) is 12.8 Å². The first-order chi connectivity index (χ1) is 11.3. The van der Waals surface area contributed by atoms with Gasteiger partial charge in [-0.3, -0.25) is 9.59 Å². The van der Waals surface area contributed by atoms with Crippen molar-refractivity contribution in [2.24, 2.45) is 0 Å². The fourth-order valence-electron chi connectivity index (χ4n) is 1.50. The fraction of sp³-hybridized carbons (Fsp3) is 0.375. The Kier molecular flexibility index (Phi) is 10.2. The maximum Gasteiger partial charge on any atom is 0.335 e. The molecule has 132 valence electrons. The summed E-state index contributed by atoms with van der Waals surface area (Å²) in [7, 11) is 2.70. The molecule has 0 atom stereocenters. The molecule has 1 aromatic carbocycles. The Morgan fingerprint density at radius 2 is 1.04 bits per heavy atom. The maximum atomic E-state index is 10.6. The van der Waals surface area contributed by atoms with E-state index in [2.05, 4.69) is 9.47 Å². The smallest absolute Gasteiger partial charge is 0.335 e. The van der Waals surface area contributed by atoms with Crippen LogP contribution in [0.2, 0.25) is 0 Å². The molecule has 2 N–H and O–H groups in total. The Labute approximate surface area is 139 Å². The number of carbonyl (C=O) groups is 4. The van der Waals surface area contributed by atoms with Crippen molar-refractivity contribution in [1.82, 2.24) is 0 Å². The zero-order valence-corrected chi connectivity index (χ0v) is 13.5. The maximum absolute atomic E-state index is 10.6. The number of benzene rings is 1. The lowest BCUT2D eigenvalue weighted by Crippen LogP contribution is -2.02. The number of aromatic carboxylic acids is 2. The van der Waals surface area contributed by atoms with E-state index in [1.165, 1.54) is 38.5 Å². The standard InChI is InChI=1S/C8H6O4.C8H14O4/c9-7(10)5-1-2-6(4-3-5)8(11)12;1-11-7(9)5-3-4-6-8(10)12-2/h1-4H,(H,9,10)(H,11,12);3-6H2,1-2H3. The van der Waals surface area contributed by atoms with Gasteiger partial charge in [0.05, 0.1) is 25.3 Å². The average molecular weight is 340 g/mol. The van der Waals surface area contributed by atoms with E-state index in [-0.39, 0.29) is 23.1 Å². The van der Waals surface area contributed by atoms with E-state index in [0.717, 1.165) is 0 Å². The Bertz CT molecular complexity index is 511. The molecule has 24 heavy (non-hydrogen) atoms. The summed E-state index contributed by atoms with van der Waals surface area (Å²) >= 11 is 0. The van der Waals surface area contributed by atoms with Gasteiger partial charge >= 0.3 is 23.9 Å². The largest absolute Gasteiger partial charge is 0.478 e. The van der Waals surface area contributed by atoms with Gasteiger partial charge in [-0.15, -0.1) is 0 Å². The molecule has 8 nitrogen and oxygen atoms in total. The topological polar surface area (TPSA) is 127 Å². The van der Waals surface area contributed by atoms with Crippen LogP contribution in [0.1, 0.15) is 46.4 Å². The molecule has 1 aromatic rings. The summed E-state index contributed by atoms with van der Waals surface area (Å²) in [5, 5.41) is 16.9. The molecule has 0 fully saturated rings. The van der Waals surface area contributed by atoms with Gasteiger partial charge in [0.15, 0.2) is 0 Å². The molecule has 0 radical (unpaired) electrons. The van der Waals surface area contributed by atoms with Crippen molar-refractivity contribution in [3.63, 3.8) is 0 Å². The number of hydrogen-bond acceptors (Lipinski definition) is 6. The van der Waals surface area contributed by atoms with E-state index in [4.69, 9.17) is 10.2 Å². The van der Waals surface area contributed by atoms with E-state index in [1.807, 2.05) is 0 Å². The molecule has 0 bridgehead atoms. The van der Waals surface area contributed by atoms with E-state index >= 15 is 0 Å². The van der Waals surface area contributed by atoms with Gasteiger partial charge in [-0.05, 0) is 37.1 Å². The minimum atomic E-state index is -1.06. The molecule has 0 aliphatic rings. The van der Waals surface area contributed by atoms with Crippen LogP contribution in [-0.4, -0.2) is 48.3 Å². The van der Waals surface area contributed by atoms with Gasteiger partial charge in [-0.1, -0.05) is 0 Å². The van der Waals surface area contributed by atoms with Crippen molar-refractivity contribution in [2.45, 2.75) is 25.7 Å². The molecule has 0 spiro atoms. The molecule has 0 aliphatic heterocycles. The molecule has 0 unspecified atom stereocenters. The quantitative estimate of drug-likeness (QED) is 0.569. The third kappa shape index (κ3) is 9.19. The highest BCUT2D eigenvalue weighted by Gasteiger charge is 2.05. The summed E-state index contributed by atoms with van der Waals surface area (Å²) in [6.07, 6.45) is 2.07. The molecule has 0 amide bonds. The second kappa shape index (κ2) is 11.6. The zero-order valence-electron chi connectivity index (χ0n) is 13.5. The number of ether oxygens (including phenoxy) is 2. The number of carboxylic acid groups (broad SMARTS) is 2. The Morgan fingerprint density at radius 1 is 0.750 bits per heavy atom. The summed E-state index contributed by atoms with van der Waals surface area (Å²) in [5.41, 5.74) is 0.167. The van der Waals surface area contributed by atoms with Gasteiger partial charge in [-0.2, -0.15) is 0 Å². The van der Waals surface area contributed by atoms with Crippen LogP contribution < -0.4 is 0 Å². The monoisotopic (exact) mass is 340 g/mol. The molecular formula is C16H20O8. The number of rotatable bonds is 7. The van der Waals surface area contributed by atoms with Crippen LogP contribution in [0.5, 0.6) is 0 Å². The highest BCUT2D eigenvalue weighted by molar-refractivity contribution is 5.91. The highest BCUT2D eigenvalue weighted by atomic mass is 16.5. The minimum absolute atomic E-state index is 0.0833. The SMILES string of the molecule is COC(=O)CCCCC(=O)OC.O=C(O)c1ccc(C(=O)O)cc1. The van der Waals surface area contributed by atoms with Crippen LogP contribution >= 0.6 is 0 Å². The van der Waals surface area contributed by atoms with Crippen LogP contribution in [0.15, 0.2) is 24.3 Å². The predicted molar refractivity (Wildman–Crippen MR) is 82.9 cm³/mol. The molecule has 0 saturated carbocycles. The van der Waals surface area contributed by atoms with E-state index in [1.54, 1.807) is 0 Å². The van der Waals surface area contributed by atoms with Gasteiger partial charge in [0.2, 0.25) is 0 Å². The van der Waals surface area contributed by atoms with Crippen molar-refractivity contribution in [3.8, 4) is 0 Å². The number of esters is 2. The van der Waals surface area contributed by atoms with Crippen LogP contribution in [0.3, 0.4) is 0 Å². The van der Waals surface area contributed by atoms with Gasteiger partial charge < -0.3 is 19.7 Å². The fourth-order valence-corrected chi connectivity index (χ4v) is 1.50. The molecule has 0 aromatic heterocycles. The van der Waals surface area contributed by atoms with Crippen LogP contribution in [0.4, 0.5) is 0 Å². The van der Waals surface area contributed by atoms with Gasteiger partial charge in [-0.25, -0.2) is 9.59 Å². The van der Waals surface area contributed by atoms with Crippen molar-refractivity contribution in [3.05, 3.63) is 35.4 Å². The average Bonchev–Trinajstić information content (AvgIpc) is 2.58. The summed E-state index contributed by atoms with van der Waals surface area (Å²) in [5.74, 6) is -2.60. The summed E-state index contributed by atoms with van der Waals surface area (Å²) in [6, 6.07) is 5.02. The van der Waals surface area contributed by atoms with Crippen molar-refractivity contribution in [2.75, 3.05) is 14.2 Å².